The molecule has 0 unspecified atom stereocenters. The Labute approximate surface area is 125 Å². The molecule has 0 bridgehead atoms. The molecule has 3 rings (SSSR count). The van der Waals surface area contributed by atoms with Crippen LogP contribution in [0.3, 0.4) is 0 Å². The minimum atomic E-state index is -1.10. The van der Waals surface area contributed by atoms with Crippen LogP contribution in [0.15, 0.2) is 36.7 Å². The van der Waals surface area contributed by atoms with Crippen molar-refractivity contribution in [3.63, 3.8) is 0 Å². The Hall–Kier alpha value is -3.09. The van der Waals surface area contributed by atoms with Crippen molar-refractivity contribution in [3.8, 4) is 22.8 Å². The van der Waals surface area contributed by atoms with Crippen LogP contribution in [0.1, 0.15) is 10.4 Å². The summed E-state index contributed by atoms with van der Waals surface area (Å²) in [6.07, 6.45) is 3.17. The Morgan fingerprint density at radius 2 is 2.05 bits per heavy atom. The van der Waals surface area contributed by atoms with Crippen molar-refractivity contribution in [3.05, 3.63) is 42.2 Å². The molecule has 0 atom stereocenters. The number of rotatable bonds is 4. The number of carbonyl (C=O) groups is 1. The SMILES string of the molecule is COc1cccc(-c2nn3cccnc3c2C(=O)O)c1OC. The Bertz CT molecular complexity index is 857. The molecule has 0 radical (unpaired) electrons. The van der Waals surface area contributed by atoms with Gasteiger partial charge in [0, 0.05) is 18.0 Å². The second-order valence-corrected chi connectivity index (χ2v) is 4.46. The van der Waals surface area contributed by atoms with Crippen LogP contribution < -0.4 is 9.47 Å². The third-order valence-electron chi connectivity index (χ3n) is 3.27. The summed E-state index contributed by atoms with van der Waals surface area (Å²) in [6, 6.07) is 6.89. The van der Waals surface area contributed by atoms with Crippen molar-refractivity contribution in [2.45, 2.75) is 0 Å². The average molecular weight is 299 g/mol. The molecule has 1 aromatic carbocycles. The van der Waals surface area contributed by atoms with Crippen molar-refractivity contribution in [1.82, 2.24) is 14.6 Å². The van der Waals surface area contributed by atoms with E-state index >= 15 is 0 Å². The third-order valence-corrected chi connectivity index (χ3v) is 3.27. The summed E-state index contributed by atoms with van der Waals surface area (Å²) in [4.78, 5) is 15.8. The Morgan fingerprint density at radius 3 is 2.73 bits per heavy atom. The van der Waals surface area contributed by atoms with Crippen LogP contribution >= 0.6 is 0 Å². The number of hydrogen-bond donors (Lipinski definition) is 1. The molecule has 112 valence electrons. The zero-order chi connectivity index (χ0) is 15.7. The number of aromatic nitrogens is 3. The number of carboxylic acid groups (broad SMARTS) is 1. The highest BCUT2D eigenvalue weighted by atomic mass is 16.5. The number of aromatic carboxylic acids is 1. The first-order valence-electron chi connectivity index (χ1n) is 6.45. The normalized spacial score (nSPS) is 10.6. The summed E-state index contributed by atoms with van der Waals surface area (Å²) in [6.45, 7) is 0. The summed E-state index contributed by atoms with van der Waals surface area (Å²) in [5, 5.41) is 13.9. The standard InChI is InChI=1S/C15H13N3O4/c1-21-10-6-3-5-9(13(10)22-2)12-11(15(19)20)14-16-7-4-8-18(14)17-12/h3-8H,1-2H3,(H,19,20). The van der Waals surface area contributed by atoms with Gasteiger partial charge in [0.1, 0.15) is 11.3 Å². The Morgan fingerprint density at radius 1 is 1.23 bits per heavy atom. The quantitative estimate of drug-likeness (QED) is 0.794. The van der Waals surface area contributed by atoms with Crippen molar-refractivity contribution in [2.24, 2.45) is 0 Å². The van der Waals surface area contributed by atoms with Gasteiger partial charge in [-0.1, -0.05) is 6.07 Å². The molecule has 7 nitrogen and oxygen atoms in total. The van der Waals surface area contributed by atoms with Crippen LogP contribution in [0.25, 0.3) is 16.9 Å². The van der Waals surface area contributed by atoms with Crippen LogP contribution in [0, 0.1) is 0 Å². The zero-order valence-electron chi connectivity index (χ0n) is 12.0. The number of carboxylic acids is 1. The maximum Gasteiger partial charge on any atom is 0.341 e. The maximum absolute atomic E-state index is 11.7. The van der Waals surface area contributed by atoms with Crippen LogP contribution in [-0.4, -0.2) is 39.9 Å². The molecule has 1 N–H and O–H groups in total. The molecule has 2 aromatic heterocycles. The fourth-order valence-corrected chi connectivity index (χ4v) is 2.35. The van der Waals surface area contributed by atoms with Gasteiger partial charge in [0.05, 0.1) is 14.2 Å². The fraction of sp³-hybridized carbons (Fsp3) is 0.133. The molecule has 0 aliphatic rings. The van der Waals surface area contributed by atoms with Crippen molar-refractivity contribution in [1.29, 1.82) is 0 Å². The molecule has 2 heterocycles. The lowest BCUT2D eigenvalue weighted by Gasteiger charge is -2.11. The Balaban J connectivity index is 2.36. The van der Waals surface area contributed by atoms with Gasteiger partial charge in [0.15, 0.2) is 17.1 Å². The summed E-state index contributed by atoms with van der Waals surface area (Å²) >= 11 is 0. The van der Waals surface area contributed by atoms with E-state index in [0.717, 1.165) is 0 Å². The van der Waals surface area contributed by atoms with Crippen LogP contribution in [0.4, 0.5) is 0 Å². The predicted octanol–water partition coefficient (Wildman–Crippen LogP) is 2.11. The van der Waals surface area contributed by atoms with Gasteiger partial charge in [0.2, 0.25) is 0 Å². The van der Waals surface area contributed by atoms with Crippen molar-refractivity contribution < 1.29 is 19.4 Å². The minimum Gasteiger partial charge on any atom is -0.493 e. The Kier molecular flexibility index (Phi) is 3.38. The van der Waals surface area contributed by atoms with E-state index in [1.165, 1.54) is 24.9 Å². The number of methoxy groups -OCH3 is 2. The monoisotopic (exact) mass is 299 g/mol. The summed E-state index contributed by atoms with van der Waals surface area (Å²) in [5.74, 6) is -0.175. The van der Waals surface area contributed by atoms with Gasteiger partial charge in [-0.3, -0.25) is 0 Å². The molecule has 0 saturated carbocycles. The summed E-state index contributed by atoms with van der Waals surface area (Å²) in [5.41, 5.74) is 1.11. The maximum atomic E-state index is 11.7. The van der Waals surface area contributed by atoms with E-state index in [-0.39, 0.29) is 16.9 Å². The number of benzene rings is 1. The van der Waals surface area contributed by atoms with E-state index in [2.05, 4.69) is 10.1 Å². The minimum absolute atomic E-state index is 0.0205. The van der Waals surface area contributed by atoms with E-state index in [1.54, 1.807) is 30.5 Å². The van der Waals surface area contributed by atoms with Crippen molar-refractivity contribution >= 4 is 11.6 Å². The van der Waals surface area contributed by atoms with Crippen LogP contribution in [-0.2, 0) is 0 Å². The smallest absolute Gasteiger partial charge is 0.341 e. The first kappa shape index (κ1) is 13.9. The highest BCUT2D eigenvalue weighted by molar-refractivity contribution is 6.02. The molecule has 0 amide bonds. The largest absolute Gasteiger partial charge is 0.493 e. The van der Waals surface area contributed by atoms with Crippen LogP contribution in [0.2, 0.25) is 0 Å². The lowest BCUT2D eigenvalue weighted by Crippen LogP contribution is -2.00. The zero-order valence-corrected chi connectivity index (χ0v) is 12.0. The second-order valence-electron chi connectivity index (χ2n) is 4.46. The first-order valence-corrected chi connectivity index (χ1v) is 6.45. The molecule has 0 fully saturated rings. The summed E-state index contributed by atoms with van der Waals surface area (Å²) in [7, 11) is 3.01. The van der Waals surface area contributed by atoms with E-state index in [4.69, 9.17) is 9.47 Å². The molecular weight excluding hydrogens is 286 g/mol. The predicted molar refractivity (Wildman–Crippen MR) is 78.5 cm³/mol. The molecule has 3 aromatic rings. The van der Waals surface area contributed by atoms with Gasteiger partial charge >= 0.3 is 5.97 Å². The number of ether oxygens (including phenoxy) is 2. The van der Waals surface area contributed by atoms with E-state index in [1.807, 2.05) is 0 Å². The number of para-hydroxylation sites is 1. The van der Waals surface area contributed by atoms with Gasteiger partial charge in [0.25, 0.3) is 0 Å². The average Bonchev–Trinajstić information content (AvgIpc) is 2.93. The second kappa shape index (κ2) is 5.36. The molecule has 0 saturated heterocycles. The van der Waals surface area contributed by atoms with Gasteiger partial charge in [-0.05, 0) is 18.2 Å². The highest BCUT2D eigenvalue weighted by Crippen LogP contribution is 2.39. The molecule has 0 aliphatic heterocycles. The van der Waals surface area contributed by atoms with Gasteiger partial charge < -0.3 is 14.6 Å². The van der Waals surface area contributed by atoms with E-state index < -0.39 is 5.97 Å². The molecule has 0 aliphatic carbocycles. The van der Waals surface area contributed by atoms with E-state index in [0.29, 0.717) is 17.1 Å². The number of nitrogens with zero attached hydrogens (tertiary/aromatic N) is 3. The lowest BCUT2D eigenvalue weighted by molar-refractivity contribution is 0.0699. The van der Waals surface area contributed by atoms with Gasteiger partial charge in [-0.2, -0.15) is 5.10 Å². The molecule has 22 heavy (non-hydrogen) atoms. The first-order chi connectivity index (χ1) is 10.7. The summed E-state index contributed by atoms with van der Waals surface area (Å²) < 4.78 is 12.0. The van der Waals surface area contributed by atoms with Crippen molar-refractivity contribution in [2.75, 3.05) is 14.2 Å². The van der Waals surface area contributed by atoms with Gasteiger partial charge in [-0.25, -0.2) is 14.3 Å². The third kappa shape index (κ3) is 2.03. The fourth-order valence-electron chi connectivity index (χ4n) is 2.35. The number of fused-ring (bicyclic) bond motifs is 1. The van der Waals surface area contributed by atoms with Gasteiger partial charge in [-0.15, -0.1) is 0 Å². The molecule has 7 heteroatoms. The lowest BCUT2D eigenvalue weighted by atomic mass is 10.1. The molecular formula is C15H13N3O4. The van der Waals surface area contributed by atoms with E-state index in [9.17, 15) is 9.90 Å². The molecule has 0 spiro atoms. The highest BCUT2D eigenvalue weighted by Gasteiger charge is 2.24. The number of hydrogen-bond acceptors (Lipinski definition) is 5. The van der Waals surface area contributed by atoms with Crippen LogP contribution in [0.5, 0.6) is 11.5 Å². The topological polar surface area (TPSA) is 86.0 Å².